The first-order valence-electron chi connectivity index (χ1n) is 12.7. The number of aromatic nitrogens is 7. The summed E-state index contributed by atoms with van der Waals surface area (Å²) in [6.45, 7) is 6.87. The van der Waals surface area contributed by atoms with E-state index in [2.05, 4.69) is 20.9 Å². The van der Waals surface area contributed by atoms with Crippen LogP contribution in [0, 0.1) is 12.8 Å². The van der Waals surface area contributed by atoms with Crippen LogP contribution in [0.3, 0.4) is 0 Å². The van der Waals surface area contributed by atoms with E-state index in [9.17, 15) is 5.11 Å². The van der Waals surface area contributed by atoms with Crippen molar-refractivity contribution in [2.24, 2.45) is 13.0 Å². The lowest BCUT2D eigenvalue weighted by atomic mass is 9.88. The standard InChI is InChI=1S/C27H31N7O3S/c1-15-22(33(4)32-30-15)17-13-18-20(29-14-17)25-24(26(31-38-25)27(2,3)35)34(18)23(16-8-11-37-12-9-16)21-19(36-5)7-6-10-28-21/h6-7,10,13-14,16,23,35H,8-9,11-12H2,1-5H3. The zero-order chi connectivity index (χ0) is 26.6. The van der Waals surface area contributed by atoms with Crippen LogP contribution in [0.25, 0.3) is 32.5 Å². The maximum Gasteiger partial charge on any atom is 0.142 e. The van der Waals surface area contributed by atoms with E-state index in [1.165, 1.54) is 11.5 Å². The van der Waals surface area contributed by atoms with Gasteiger partial charge in [-0.25, -0.2) is 4.68 Å². The van der Waals surface area contributed by atoms with Gasteiger partial charge in [0.2, 0.25) is 0 Å². The van der Waals surface area contributed by atoms with Crippen molar-refractivity contribution in [1.82, 2.24) is 33.9 Å². The van der Waals surface area contributed by atoms with Crippen LogP contribution in [0.15, 0.2) is 30.6 Å². The van der Waals surface area contributed by atoms with E-state index in [0.717, 1.165) is 62.5 Å². The Bertz CT molecular complexity index is 1610. The highest BCUT2D eigenvalue weighted by molar-refractivity contribution is 7.14. The lowest BCUT2D eigenvalue weighted by molar-refractivity contribution is 0.0539. The number of nitrogens with zero attached hydrogens (tertiary/aromatic N) is 7. The van der Waals surface area contributed by atoms with Crippen molar-refractivity contribution in [1.29, 1.82) is 0 Å². The summed E-state index contributed by atoms with van der Waals surface area (Å²) in [4.78, 5) is 9.81. The van der Waals surface area contributed by atoms with Crippen molar-refractivity contribution in [2.75, 3.05) is 20.3 Å². The van der Waals surface area contributed by atoms with Crippen LogP contribution in [0.5, 0.6) is 5.75 Å². The van der Waals surface area contributed by atoms with Gasteiger partial charge in [0.25, 0.3) is 0 Å². The zero-order valence-corrected chi connectivity index (χ0v) is 23.0. The maximum absolute atomic E-state index is 11.2. The molecule has 1 unspecified atom stereocenters. The van der Waals surface area contributed by atoms with Crippen LogP contribution in [0.2, 0.25) is 0 Å². The number of methoxy groups -OCH3 is 1. The molecule has 6 heterocycles. The largest absolute Gasteiger partial charge is 0.495 e. The predicted molar refractivity (Wildman–Crippen MR) is 145 cm³/mol. The van der Waals surface area contributed by atoms with Gasteiger partial charge < -0.3 is 19.1 Å². The van der Waals surface area contributed by atoms with Gasteiger partial charge in [0.15, 0.2) is 0 Å². The van der Waals surface area contributed by atoms with Gasteiger partial charge in [0, 0.05) is 38.2 Å². The Balaban J connectivity index is 1.72. The number of hydrogen-bond donors (Lipinski definition) is 1. The van der Waals surface area contributed by atoms with E-state index in [1.54, 1.807) is 25.6 Å². The van der Waals surface area contributed by atoms with E-state index >= 15 is 0 Å². The molecule has 5 aromatic rings. The molecule has 0 aromatic carbocycles. The van der Waals surface area contributed by atoms with Crippen LogP contribution in [0.1, 0.15) is 49.8 Å². The lowest BCUT2D eigenvalue weighted by Crippen LogP contribution is -2.28. The van der Waals surface area contributed by atoms with Gasteiger partial charge >= 0.3 is 0 Å². The highest BCUT2D eigenvalue weighted by Crippen LogP contribution is 2.46. The third-order valence-corrected chi connectivity index (χ3v) is 8.23. The molecule has 5 aromatic heterocycles. The molecule has 0 aliphatic carbocycles. The highest BCUT2D eigenvalue weighted by Gasteiger charge is 2.36. The molecular formula is C27H31N7O3S. The smallest absolute Gasteiger partial charge is 0.142 e. The summed E-state index contributed by atoms with van der Waals surface area (Å²) in [6.07, 6.45) is 5.42. The van der Waals surface area contributed by atoms with E-state index in [1.807, 2.05) is 38.5 Å². The molecule has 6 rings (SSSR count). The van der Waals surface area contributed by atoms with Crippen LogP contribution >= 0.6 is 11.5 Å². The minimum absolute atomic E-state index is 0.185. The summed E-state index contributed by atoms with van der Waals surface area (Å²) < 4.78 is 21.3. The Hall–Kier alpha value is -3.41. The molecular weight excluding hydrogens is 502 g/mol. The zero-order valence-electron chi connectivity index (χ0n) is 22.2. The number of pyridine rings is 2. The Morgan fingerprint density at radius 1 is 1.24 bits per heavy atom. The van der Waals surface area contributed by atoms with Crippen molar-refractivity contribution in [3.63, 3.8) is 0 Å². The molecule has 1 saturated heterocycles. The minimum Gasteiger partial charge on any atom is -0.495 e. The van der Waals surface area contributed by atoms with Crippen LogP contribution in [-0.4, -0.2) is 59.3 Å². The summed E-state index contributed by atoms with van der Waals surface area (Å²) in [5.74, 6) is 0.951. The lowest BCUT2D eigenvalue weighted by Gasteiger charge is -2.33. The van der Waals surface area contributed by atoms with Crippen molar-refractivity contribution >= 4 is 32.8 Å². The van der Waals surface area contributed by atoms with Gasteiger partial charge in [-0.2, -0.15) is 4.37 Å². The maximum atomic E-state index is 11.2. The van der Waals surface area contributed by atoms with Gasteiger partial charge in [-0.15, -0.1) is 5.10 Å². The van der Waals surface area contributed by atoms with Crippen molar-refractivity contribution in [2.45, 2.75) is 45.3 Å². The molecule has 0 radical (unpaired) electrons. The fourth-order valence-electron chi connectivity index (χ4n) is 5.66. The van der Waals surface area contributed by atoms with Gasteiger partial charge in [-0.1, -0.05) is 5.21 Å². The molecule has 1 atom stereocenters. The fourth-order valence-corrected chi connectivity index (χ4v) is 6.68. The molecule has 11 heteroatoms. The summed E-state index contributed by atoms with van der Waals surface area (Å²) in [7, 11) is 3.56. The van der Waals surface area contributed by atoms with Gasteiger partial charge in [0.1, 0.15) is 28.3 Å². The van der Waals surface area contributed by atoms with Crippen LogP contribution in [0.4, 0.5) is 0 Å². The Kier molecular flexibility index (Phi) is 6.16. The summed E-state index contributed by atoms with van der Waals surface area (Å²) >= 11 is 1.37. The number of aryl methyl sites for hydroxylation is 2. The second-order valence-electron chi connectivity index (χ2n) is 10.4. The monoisotopic (exact) mass is 533 g/mol. The second-order valence-corrected chi connectivity index (χ2v) is 11.1. The molecule has 0 spiro atoms. The first-order valence-corrected chi connectivity index (χ1v) is 13.5. The summed E-state index contributed by atoms with van der Waals surface area (Å²) in [5, 5.41) is 19.7. The normalized spacial score (nSPS) is 15.9. The van der Waals surface area contributed by atoms with Gasteiger partial charge in [0.05, 0.1) is 40.3 Å². The van der Waals surface area contributed by atoms with Gasteiger partial charge in [-0.05, 0) is 69.3 Å². The minimum atomic E-state index is -1.15. The Morgan fingerprint density at radius 3 is 2.71 bits per heavy atom. The average Bonchev–Trinajstić information content (AvgIpc) is 3.58. The van der Waals surface area contributed by atoms with E-state index < -0.39 is 5.60 Å². The van der Waals surface area contributed by atoms with E-state index in [4.69, 9.17) is 23.8 Å². The molecule has 198 valence electrons. The number of aliphatic hydroxyl groups is 1. The quantitative estimate of drug-likeness (QED) is 0.342. The molecule has 0 saturated carbocycles. The van der Waals surface area contributed by atoms with Crippen LogP contribution < -0.4 is 4.74 Å². The van der Waals surface area contributed by atoms with Crippen LogP contribution in [-0.2, 0) is 17.4 Å². The first kappa shape index (κ1) is 24.9. The molecule has 1 N–H and O–H groups in total. The first-order chi connectivity index (χ1) is 18.3. The van der Waals surface area contributed by atoms with Crippen molar-refractivity contribution in [3.05, 3.63) is 47.7 Å². The molecule has 0 bridgehead atoms. The Labute approximate surface area is 224 Å². The van der Waals surface area contributed by atoms with Crippen molar-refractivity contribution in [3.8, 4) is 17.0 Å². The summed E-state index contributed by atoms with van der Waals surface area (Å²) in [5.41, 5.74) is 5.66. The van der Waals surface area contributed by atoms with E-state index in [0.29, 0.717) is 18.9 Å². The topological polar surface area (TPSA) is 113 Å². The van der Waals surface area contributed by atoms with Crippen molar-refractivity contribution < 1.29 is 14.6 Å². The van der Waals surface area contributed by atoms with E-state index in [-0.39, 0.29) is 12.0 Å². The molecule has 38 heavy (non-hydrogen) atoms. The number of rotatable bonds is 6. The number of ether oxygens (including phenoxy) is 2. The predicted octanol–water partition coefficient (Wildman–Crippen LogP) is 4.40. The Morgan fingerprint density at radius 2 is 2.03 bits per heavy atom. The third-order valence-electron chi connectivity index (χ3n) is 7.39. The summed E-state index contributed by atoms with van der Waals surface area (Å²) in [6, 6.07) is 5.81. The molecule has 1 fully saturated rings. The SMILES string of the molecule is COc1cccnc1C(C1CCOCC1)n1c2cc(-c3c(C)nnn3C)cnc2c2snc(C(C)(C)O)c21. The number of fused-ring (bicyclic) bond motifs is 3. The number of hydrogen-bond acceptors (Lipinski definition) is 9. The third kappa shape index (κ3) is 3.96. The fraction of sp³-hybridized carbons (Fsp3) is 0.444. The van der Waals surface area contributed by atoms with Gasteiger partial charge in [-0.3, -0.25) is 9.97 Å². The average molecular weight is 534 g/mol. The second kappa shape index (κ2) is 9.40. The molecule has 1 aliphatic rings. The highest BCUT2D eigenvalue weighted by atomic mass is 32.1. The molecule has 1 aliphatic heterocycles. The molecule has 10 nitrogen and oxygen atoms in total. The molecule has 0 amide bonds.